The van der Waals surface area contributed by atoms with Crippen LogP contribution in [-0.4, -0.2) is 17.7 Å². The van der Waals surface area contributed by atoms with Crippen molar-refractivity contribution in [1.29, 1.82) is 0 Å². The van der Waals surface area contributed by atoms with Crippen molar-refractivity contribution in [3.05, 3.63) is 104 Å². The van der Waals surface area contributed by atoms with Gasteiger partial charge in [0.2, 0.25) is 0 Å². The van der Waals surface area contributed by atoms with E-state index in [1.807, 2.05) is 0 Å². The second-order valence-electron chi connectivity index (χ2n) is 7.24. The summed E-state index contributed by atoms with van der Waals surface area (Å²) in [5.74, 6) is -1.67. The number of rotatable bonds is 6. The topological polar surface area (TPSA) is 78.5 Å². The number of carbonyl (C=O) groups is 3. The van der Waals surface area contributed by atoms with Crippen molar-refractivity contribution in [3.8, 4) is 0 Å². The maximum absolute atomic E-state index is 12.9. The van der Waals surface area contributed by atoms with E-state index in [1.165, 1.54) is 12.1 Å². The number of hydrogen-bond acceptors (Lipinski definition) is 4. The average Bonchev–Trinajstić information content (AvgIpc) is 3.01. The Kier molecular flexibility index (Phi) is 7.14. The minimum absolute atomic E-state index is 0.0999. The van der Waals surface area contributed by atoms with Crippen LogP contribution < -0.4 is 15.5 Å². The van der Waals surface area contributed by atoms with Crippen molar-refractivity contribution in [1.82, 2.24) is 5.32 Å². The van der Waals surface area contributed by atoms with Crippen LogP contribution in [0.3, 0.4) is 0 Å². The summed E-state index contributed by atoms with van der Waals surface area (Å²) in [5, 5.41) is 6.68. The Balaban J connectivity index is 1.49. The third-order valence-electron chi connectivity index (χ3n) is 4.94. The first-order valence-corrected chi connectivity index (χ1v) is 11.4. The fourth-order valence-electron chi connectivity index (χ4n) is 3.29. The lowest BCUT2D eigenvalue weighted by atomic mass is 10.1. The number of carbonyl (C=O) groups excluding carboxylic acids is 3. The summed E-state index contributed by atoms with van der Waals surface area (Å²) in [6, 6.07) is 17.7. The highest BCUT2D eigenvalue weighted by Gasteiger charge is 2.39. The van der Waals surface area contributed by atoms with E-state index in [2.05, 4.69) is 10.6 Å². The molecule has 6 nitrogen and oxygen atoms in total. The highest BCUT2D eigenvalue weighted by Crippen LogP contribution is 2.31. The van der Waals surface area contributed by atoms with Gasteiger partial charge in [-0.1, -0.05) is 64.6 Å². The fourth-order valence-corrected chi connectivity index (χ4v) is 4.16. The molecule has 0 radical (unpaired) electrons. The highest BCUT2D eigenvalue weighted by molar-refractivity contribution is 6.53. The molecule has 0 atom stereocenters. The summed E-state index contributed by atoms with van der Waals surface area (Å²) in [6.45, 7) is 0.199. The molecule has 4 rings (SSSR count). The lowest BCUT2D eigenvalue weighted by molar-refractivity contribution is -0.120. The van der Waals surface area contributed by atoms with Crippen molar-refractivity contribution in [2.45, 2.75) is 6.54 Å². The Morgan fingerprint density at radius 2 is 1.56 bits per heavy atom. The minimum Gasteiger partial charge on any atom is -0.350 e. The van der Waals surface area contributed by atoms with Crippen LogP contribution in [-0.2, 0) is 16.1 Å². The van der Waals surface area contributed by atoms with E-state index >= 15 is 0 Å². The summed E-state index contributed by atoms with van der Waals surface area (Å²) < 4.78 is 0. The molecule has 0 bridgehead atoms. The molecule has 34 heavy (non-hydrogen) atoms. The van der Waals surface area contributed by atoms with Gasteiger partial charge in [-0.05, 0) is 54.1 Å². The monoisotopic (exact) mass is 533 g/mol. The van der Waals surface area contributed by atoms with Gasteiger partial charge in [0.05, 0.1) is 5.69 Å². The van der Waals surface area contributed by atoms with Gasteiger partial charge in [0.15, 0.2) is 0 Å². The van der Waals surface area contributed by atoms with Crippen LogP contribution in [0.25, 0.3) is 0 Å². The maximum atomic E-state index is 12.9. The van der Waals surface area contributed by atoms with Crippen LogP contribution in [0, 0.1) is 0 Å². The van der Waals surface area contributed by atoms with Crippen LogP contribution >= 0.6 is 46.4 Å². The molecular weight excluding hydrogens is 520 g/mol. The van der Waals surface area contributed by atoms with E-state index in [4.69, 9.17) is 46.4 Å². The quantitative estimate of drug-likeness (QED) is 0.379. The largest absolute Gasteiger partial charge is 0.350 e. The van der Waals surface area contributed by atoms with Crippen molar-refractivity contribution < 1.29 is 14.4 Å². The molecule has 1 aliphatic heterocycles. The Hall–Kier alpha value is -3.03. The molecule has 0 saturated heterocycles. The smallest absolute Gasteiger partial charge is 0.283 e. The van der Waals surface area contributed by atoms with Crippen LogP contribution in [0.15, 0.2) is 77.5 Å². The molecule has 0 spiro atoms. The minimum atomic E-state index is -0.676. The molecule has 0 aliphatic carbocycles. The Bertz CT molecular complexity index is 1360. The summed E-state index contributed by atoms with van der Waals surface area (Å²) in [4.78, 5) is 39.1. The SMILES string of the molecule is O=C(NCc1ccc(Cl)cc1Cl)c1cccc(NC2=C(Cl)C(=O)N(c3cccc(Cl)c3)C2=O)c1. The zero-order chi connectivity index (χ0) is 24.4. The summed E-state index contributed by atoms with van der Waals surface area (Å²) in [6.07, 6.45) is 0. The second-order valence-corrected chi connectivity index (χ2v) is 8.90. The first kappa shape index (κ1) is 24.1. The first-order chi connectivity index (χ1) is 16.2. The van der Waals surface area contributed by atoms with E-state index in [1.54, 1.807) is 54.6 Å². The van der Waals surface area contributed by atoms with Gasteiger partial charge in [-0.3, -0.25) is 14.4 Å². The number of nitrogens with one attached hydrogen (secondary N) is 2. The average molecular weight is 535 g/mol. The van der Waals surface area contributed by atoms with E-state index < -0.39 is 11.8 Å². The van der Waals surface area contributed by atoms with Crippen LogP contribution in [0.5, 0.6) is 0 Å². The number of anilines is 2. The van der Waals surface area contributed by atoms with E-state index in [0.717, 1.165) is 4.90 Å². The summed E-state index contributed by atoms with van der Waals surface area (Å²) >= 11 is 24.2. The Labute approximate surface area is 215 Å². The standard InChI is InChI=1S/C24H15Cl4N3O3/c25-15-4-2-6-18(10-15)31-23(33)20(28)21(24(31)34)30-17-5-1-3-13(9-17)22(32)29-12-14-7-8-16(26)11-19(14)27/h1-11,30H,12H2,(H,29,32). The van der Waals surface area contributed by atoms with Crippen molar-refractivity contribution >= 4 is 75.5 Å². The van der Waals surface area contributed by atoms with Crippen molar-refractivity contribution in [2.75, 3.05) is 10.2 Å². The molecule has 10 heteroatoms. The van der Waals surface area contributed by atoms with Gasteiger partial charge in [-0.2, -0.15) is 0 Å². The van der Waals surface area contributed by atoms with Gasteiger partial charge in [0.25, 0.3) is 17.7 Å². The van der Waals surface area contributed by atoms with Gasteiger partial charge in [0, 0.05) is 32.9 Å². The number of imide groups is 1. The van der Waals surface area contributed by atoms with E-state index in [9.17, 15) is 14.4 Å². The third kappa shape index (κ3) is 5.05. The van der Waals surface area contributed by atoms with Crippen molar-refractivity contribution in [3.63, 3.8) is 0 Å². The van der Waals surface area contributed by atoms with Gasteiger partial charge < -0.3 is 10.6 Å². The van der Waals surface area contributed by atoms with Gasteiger partial charge in [0.1, 0.15) is 10.7 Å². The van der Waals surface area contributed by atoms with Crippen LogP contribution in [0.4, 0.5) is 11.4 Å². The molecule has 3 aromatic rings. The summed E-state index contributed by atoms with van der Waals surface area (Å²) in [5.41, 5.74) is 1.64. The van der Waals surface area contributed by atoms with Crippen molar-refractivity contribution in [2.24, 2.45) is 0 Å². The molecule has 3 amide bonds. The predicted molar refractivity (Wildman–Crippen MR) is 135 cm³/mol. The van der Waals surface area contributed by atoms with E-state index in [-0.39, 0.29) is 23.2 Å². The normalized spacial score (nSPS) is 13.5. The lowest BCUT2D eigenvalue weighted by Gasteiger charge is -2.15. The molecule has 0 unspecified atom stereocenters. The van der Waals surface area contributed by atoms with Gasteiger partial charge >= 0.3 is 0 Å². The number of hydrogen-bond donors (Lipinski definition) is 2. The van der Waals surface area contributed by atoms with Gasteiger partial charge in [-0.25, -0.2) is 4.90 Å². The molecule has 0 saturated carbocycles. The molecular formula is C24H15Cl4N3O3. The zero-order valence-corrected chi connectivity index (χ0v) is 20.3. The zero-order valence-electron chi connectivity index (χ0n) is 17.2. The molecule has 3 aromatic carbocycles. The molecule has 1 aliphatic rings. The molecule has 0 fully saturated rings. The van der Waals surface area contributed by atoms with Gasteiger partial charge in [-0.15, -0.1) is 0 Å². The van der Waals surface area contributed by atoms with Crippen LogP contribution in [0.1, 0.15) is 15.9 Å². The second kappa shape index (κ2) is 10.1. The Morgan fingerprint density at radius 3 is 2.29 bits per heavy atom. The molecule has 1 heterocycles. The number of nitrogens with zero attached hydrogens (tertiary/aromatic N) is 1. The molecule has 2 N–H and O–H groups in total. The maximum Gasteiger partial charge on any atom is 0.283 e. The predicted octanol–water partition coefficient (Wildman–Crippen LogP) is 6.01. The molecule has 0 aromatic heterocycles. The van der Waals surface area contributed by atoms with Crippen LogP contribution in [0.2, 0.25) is 15.1 Å². The number of benzene rings is 3. The first-order valence-electron chi connectivity index (χ1n) is 9.88. The molecule has 172 valence electrons. The lowest BCUT2D eigenvalue weighted by Crippen LogP contribution is -2.32. The Morgan fingerprint density at radius 1 is 0.824 bits per heavy atom. The number of amides is 3. The highest BCUT2D eigenvalue weighted by atomic mass is 35.5. The summed E-state index contributed by atoms with van der Waals surface area (Å²) in [7, 11) is 0. The van der Waals surface area contributed by atoms with E-state index in [0.29, 0.717) is 37.6 Å². The fraction of sp³-hybridized carbons (Fsp3) is 0.0417. The number of halogens is 4. The third-order valence-corrected chi connectivity index (χ3v) is 6.12.